The number of anilines is 1. The molecule has 118 valence electrons. The molecule has 1 aromatic rings. The summed E-state index contributed by atoms with van der Waals surface area (Å²) >= 11 is 0. The standard InChI is InChI=1S/C16H26N2O3/c1-4-6-7-8-11-17-16(19)18-13-9-10-14(20-3)15(12-13)21-5-2/h9-10,12H,4-8,11H2,1-3H3,(H2,17,18,19). The van der Waals surface area contributed by atoms with Gasteiger partial charge in [-0.2, -0.15) is 0 Å². The van der Waals surface area contributed by atoms with Gasteiger partial charge in [-0.25, -0.2) is 4.79 Å². The Balaban J connectivity index is 2.46. The SMILES string of the molecule is CCCCCCNC(=O)Nc1ccc(OC)c(OCC)c1. The summed E-state index contributed by atoms with van der Waals surface area (Å²) in [5.41, 5.74) is 0.685. The summed E-state index contributed by atoms with van der Waals surface area (Å²) < 4.78 is 10.7. The highest BCUT2D eigenvalue weighted by atomic mass is 16.5. The monoisotopic (exact) mass is 294 g/mol. The lowest BCUT2D eigenvalue weighted by Crippen LogP contribution is -2.29. The second-order valence-electron chi connectivity index (χ2n) is 4.74. The van der Waals surface area contributed by atoms with E-state index in [1.165, 1.54) is 12.8 Å². The number of amides is 2. The molecule has 1 aromatic carbocycles. The largest absolute Gasteiger partial charge is 0.493 e. The van der Waals surface area contributed by atoms with E-state index < -0.39 is 0 Å². The smallest absolute Gasteiger partial charge is 0.319 e. The maximum atomic E-state index is 11.8. The van der Waals surface area contributed by atoms with Gasteiger partial charge in [-0.1, -0.05) is 26.2 Å². The van der Waals surface area contributed by atoms with Gasteiger partial charge < -0.3 is 20.1 Å². The van der Waals surface area contributed by atoms with Crippen LogP contribution in [-0.2, 0) is 0 Å². The van der Waals surface area contributed by atoms with Crippen LogP contribution in [0.2, 0.25) is 0 Å². The Hall–Kier alpha value is -1.91. The van der Waals surface area contributed by atoms with Crippen LogP contribution in [0.25, 0.3) is 0 Å². The predicted octanol–water partition coefficient (Wildman–Crippen LogP) is 3.80. The first-order valence-electron chi connectivity index (χ1n) is 7.57. The number of carbonyl (C=O) groups is 1. The van der Waals surface area contributed by atoms with E-state index in [2.05, 4.69) is 17.6 Å². The molecule has 0 aliphatic heterocycles. The van der Waals surface area contributed by atoms with E-state index in [1.54, 1.807) is 25.3 Å². The zero-order valence-corrected chi connectivity index (χ0v) is 13.2. The zero-order chi connectivity index (χ0) is 15.5. The number of ether oxygens (including phenoxy) is 2. The molecule has 0 atom stereocenters. The van der Waals surface area contributed by atoms with Gasteiger partial charge in [0, 0.05) is 18.3 Å². The highest BCUT2D eigenvalue weighted by Gasteiger charge is 2.07. The first kappa shape index (κ1) is 17.1. The van der Waals surface area contributed by atoms with Crippen molar-refractivity contribution in [3.63, 3.8) is 0 Å². The summed E-state index contributed by atoms with van der Waals surface area (Å²) in [6, 6.07) is 5.14. The minimum absolute atomic E-state index is 0.195. The average Bonchev–Trinajstić information content (AvgIpc) is 2.48. The van der Waals surface area contributed by atoms with Crippen LogP contribution in [-0.4, -0.2) is 26.3 Å². The van der Waals surface area contributed by atoms with E-state index >= 15 is 0 Å². The summed E-state index contributed by atoms with van der Waals surface area (Å²) in [5.74, 6) is 1.28. The normalized spacial score (nSPS) is 10.0. The van der Waals surface area contributed by atoms with Crippen molar-refractivity contribution in [1.29, 1.82) is 0 Å². The number of urea groups is 1. The van der Waals surface area contributed by atoms with Crippen molar-refractivity contribution in [3.05, 3.63) is 18.2 Å². The average molecular weight is 294 g/mol. The van der Waals surface area contributed by atoms with Gasteiger partial charge in [0.1, 0.15) is 0 Å². The molecule has 0 radical (unpaired) electrons. The molecule has 5 heteroatoms. The first-order valence-corrected chi connectivity index (χ1v) is 7.57. The topological polar surface area (TPSA) is 59.6 Å². The summed E-state index contributed by atoms with van der Waals surface area (Å²) in [6.45, 7) is 5.31. The van der Waals surface area contributed by atoms with Crippen molar-refractivity contribution in [2.45, 2.75) is 39.5 Å². The second kappa shape index (κ2) is 9.91. The van der Waals surface area contributed by atoms with E-state index in [-0.39, 0.29) is 6.03 Å². The Bertz CT molecular complexity index is 436. The molecule has 0 aliphatic rings. The Morgan fingerprint density at radius 3 is 2.62 bits per heavy atom. The lowest BCUT2D eigenvalue weighted by molar-refractivity contribution is 0.252. The summed E-state index contributed by atoms with van der Waals surface area (Å²) in [6.07, 6.45) is 4.56. The van der Waals surface area contributed by atoms with Crippen molar-refractivity contribution < 1.29 is 14.3 Å². The van der Waals surface area contributed by atoms with Crippen LogP contribution >= 0.6 is 0 Å². The molecule has 2 amide bonds. The van der Waals surface area contributed by atoms with Crippen LogP contribution in [0.1, 0.15) is 39.5 Å². The highest BCUT2D eigenvalue weighted by molar-refractivity contribution is 5.89. The van der Waals surface area contributed by atoms with Crippen LogP contribution in [0.3, 0.4) is 0 Å². The van der Waals surface area contributed by atoms with Gasteiger partial charge in [0.25, 0.3) is 0 Å². The Morgan fingerprint density at radius 1 is 1.14 bits per heavy atom. The lowest BCUT2D eigenvalue weighted by atomic mass is 10.2. The molecule has 2 N–H and O–H groups in total. The Morgan fingerprint density at radius 2 is 1.95 bits per heavy atom. The summed E-state index contributed by atoms with van der Waals surface area (Å²) in [7, 11) is 1.59. The molecule has 0 saturated heterocycles. The van der Waals surface area contributed by atoms with Crippen LogP contribution in [0.5, 0.6) is 11.5 Å². The third kappa shape index (κ3) is 6.38. The number of rotatable bonds is 9. The summed E-state index contributed by atoms with van der Waals surface area (Å²) in [4.78, 5) is 11.8. The van der Waals surface area contributed by atoms with Crippen LogP contribution in [0, 0.1) is 0 Å². The van der Waals surface area contributed by atoms with Gasteiger partial charge >= 0.3 is 6.03 Å². The fraction of sp³-hybridized carbons (Fsp3) is 0.562. The van der Waals surface area contributed by atoms with Crippen molar-refractivity contribution in [1.82, 2.24) is 5.32 Å². The van der Waals surface area contributed by atoms with E-state index in [0.717, 1.165) is 12.8 Å². The maximum Gasteiger partial charge on any atom is 0.319 e. The molecular formula is C16H26N2O3. The molecule has 0 fully saturated rings. The lowest BCUT2D eigenvalue weighted by Gasteiger charge is -2.12. The third-order valence-corrected chi connectivity index (χ3v) is 3.04. The van der Waals surface area contributed by atoms with Gasteiger partial charge in [0.15, 0.2) is 11.5 Å². The molecule has 0 bridgehead atoms. The molecular weight excluding hydrogens is 268 g/mol. The van der Waals surface area contributed by atoms with Gasteiger partial charge in [0.2, 0.25) is 0 Å². The van der Waals surface area contributed by atoms with Crippen molar-refractivity contribution in [2.75, 3.05) is 25.6 Å². The van der Waals surface area contributed by atoms with Gasteiger partial charge in [-0.05, 0) is 25.5 Å². The molecule has 0 saturated carbocycles. The fourth-order valence-electron chi connectivity index (χ4n) is 1.95. The van der Waals surface area contributed by atoms with Crippen LogP contribution < -0.4 is 20.1 Å². The molecule has 5 nitrogen and oxygen atoms in total. The predicted molar refractivity (Wildman–Crippen MR) is 85.3 cm³/mol. The van der Waals surface area contributed by atoms with Gasteiger partial charge in [-0.15, -0.1) is 0 Å². The van der Waals surface area contributed by atoms with Crippen molar-refractivity contribution in [3.8, 4) is 11.5 Å². The minimum Gasteiger partial charge on any atom is -0.493 e. The number of unbranched alkanes of at least 4 members (excludes halogenated alkanes) is 3. The summed E-state index contributed by atoms with van der Waals surface area (Å²) in [5, 5.41) is 5.65. The van der Waals surface area contributed by atoms with E-state index in [9.17, 15) is 4.79 Å². The quantitative estimate of drug-likeness (QED) is 0.681. The minimum atomic E-state index is -0.195. The van der Waals surface area contributed by atoms with E-state index in [1.807, 2.05) is 6.92 Å². The number of methoxy groups -OCH3 is 1. The molecule has 0 aromatic heterocycles. The molecule has 0 spiro atoms. The number of hydrogen-bond acceptors (Lipinski definition) is 3. The second-order valence-corrected chi connectivity index (χ2v) is 4.74. The Labute approximate surface area is 127 Å². The van der Waals surface area contributed by atoms with E-state index in [4.69, 9.17) is 9.47 Å². The van der Waals surface area contributed by atoms with E-state index in [0.29, 0.717) is 30.3 Å². The molecule has 21 heavy (non-hydrogen) atoms. The Kier molecular flexibility index (Phi) is 8.09. The first-order chi connectivity index (χ1) is 10.2. The number of benzene rings is 1. The number of carbonyl (C=O) groups excluding carboxylic acids is 1. The van der Waals surface area contributed by atoms with Crippen molar-refractivity contribution >= 4 is 11.7 Å². The highest BCUT2D eigenvalue weighted by Crippen LogP contribution is 2.30. The maximum absolute atomic E-state index is 11.8. The van der Waals surface area contributed by atoms with Crippen LogP contribution in [0.4, 0.5) is 10.5 Å². The van der Waals surface area contributed by atoms with Crippen LogP contribution in [0.15, 0.2) is 18.2 Å². The number of hydrogen-bond donors (Lipinski definition) is 2. The molecule has 0 unspecified atom stereocenters. The molecule has 0 heterocycles. The van der Waals surface area contributed by atoms with Gasteiger partial charge in [0.05, 0.1) is 13.7 Å². The third-order valence-electron chi connectivity index (χ3n) is 3.04. The van der Waals surface area contributed by atoms with Gasteiger partial charge in [-0.3, -0.25) is 0 Å². The molecule has 0 aliphatic carbocycles. The zero-order valence-electron chi connectivity index (χ0n) is 13.2. The number of nitrogens with one attached hydrogen (secondary N) is 2. The molecule has 1 rings (SSSR count). The van der Waals surface area contributed by atoms with Crippen molar-refractivity contribution in [2.24, 2.45) is 0 Å². The fourth-order valence-corrected chi connectivity index (χ4v) is 1.95.